The number of aromatic nitrogens is 2. The molecule has 2 aliphatic rings. The highest BCUT2D eigenvalue weighted by atomic mass is 16.5. The van der Waals surface area contributed by atoms with Crippen LogP contribution in [0.1, 0.15) is 23.5 Å². The third-order valence-electron chi connectivity index (χ3n) is 5.54. The number of anilines is 2. The largest absolute Gasteiger partial charge is 0.483 e. The van der Waals surface area contributed by atoms with E-state index in [1.54, 1.807) is 16.6 Å². The van der Waals surface area contributed by atoms with Crippen LogP contribution in [-0.2, 0) is 21.4 Å². The van der Waals surface area contributed by atoms with E-state index in [-0.39, 0.29) is 30.8 Å². The average molecular weight is 434 g/mol. The summed E-state index contributed by atoms with van der Waals surface area (Å²) in [7, 11) is 3.62. The van der Waals surface area contributed by atoms with Crippen molar-refractivity contribution in [2.45, 2.75) is 12.3 Å². The van der Waals surface area contributed by atoms with Gasteiger partial charge < -0.3 is 20.1 Å². The number of likely N-dealkylation sites (N-methyl/N-ethyl adjacent to an activating group) is 1. The first-order valence-corrected chi connectivity index (χ1v) is 9.97. The van der Waals surface area contributed by atoms with E-state index in [1.165, 1.54) is 0 Å². The van der Waals surface area contributed by atoms with Gasteiger partial charge >= 0.3 is 0 Å². The number of benzene rings is 2. The zero-order valence-electron chi connectivity index (χ0n) is 17.6. The van der Waals surface area contributed by atoms with Gasteiger partial charge in [0.1, 0.15) is 5.75 Å². The Morgan fingerprint density at radius 3 is 2.59 bits per heavy atom. The zero-order chi connectivity index (χ0) is 22.8. The molecule has 2 amide bonds. The summed E-state index contributed by atoms with van der Waals surface area (Å²) in [5.74, 6) is 0.283. The lowest BCUT2D eigenvalue weighted by molar-refractivity contribution is -0.123. The molecule has 1 aromatic heterocycles. The molecule has 3 heterocycles. The number of nitrogens with zero attached hydrogens (tertiary/aromatic N) is 3. The molecule has 2 N–H and O–H groups in total. The molecule has 0 spiro atoms. The van der Waals surface area contributed by atoms with Crippen LogP contribution in [0.15, 0.2) is 48.7 Å². The van der Waals surface area contributed by atoms with Crippen LogP contribution in [0.5, 0.6) is 5.75 Å². The topological polar surface area (TPSA) is 114 Å². The number of nitrogens with one attached hydrogen (secondary N) is 1. The summed E-state index contributed by atoms with van der Waals surface area (Å²) in [5.41, 5.74) is 5.24. The molecule has 2 aromatic carbocycles. The lowest BCUT2D eigenvalue weighted by Crippen LogP contribution is -2.36. The average Bonchev–Trinajstić information content (AvgIpc) is 3.17. The molecule has 164 valence electrons. The molecule has 0 aliphatic carbocycles. The van der Waals surface area contributed by atoms with Crippen LogP contribution < -0.4 is 15.0 Å². The predicted octanol–water partition coefficient (Wildman–Crippen LogP) is 2.62. The number of carboxylic acid groups (broad SMARTS) is 1. The minimum absolute atomic E-state index is 0.000419. The minimum atomic E-state index is -0.250. The molecule has 1 atom stereocenters. The number of amides is 2. The second-order valence-electron chi connectivity index (χ2n) is 7.53. The van der Waals surface area contributed by atoms with Crippen LogP contribution in [0.3, 0.4) is 0 Å². The Bertz CT molecular complexity index is 1190. The molecule has 0 radical (unpaired) electrons. The molecule has 3 aromatic rings. The van der Waals surface area contributed by atoms with Crippen LogP contribution in [0.25, 0.3) is 11.3 Å². The highest BCUT2D eigenvalue weighted by Crippen LogP contribution is 2.45. The van der Waals surface area contributed by atoms with E-state index in [2.05, 4.69) is 10.4 Å². The smallest absolute Gasteiger partial charge is 0.290 e. The van der Waals surface area contributed by atoms with Crippen molar-refractivity contribution in [3.8, 4) is 17.0 Å². The molecule has 2 aliphatic heterocycles. The van der Waals surface area contributed by atoms with Gasteiger partial charge in [-0.2, -0.15) is 5.10 Å². The summed E-state index contributed by atoms with van der Waals surface area (Å²) in [6, 6.07) is 13.7. The number of hydrogen-bond donors (Lipinski definition) is 2. The van der Waals surface area contributed by atoms with Crippen molar-refractivity contribution in [3.63, 3.8) is 0 Å². The number of rotatable bonds is 2. The van der Waals surface area contributed by atoms with Gasteiger partial charge in [-0.25, -0.2) is 0 Å². The third-order valence-corrected chi connectivity index (χ3v) is 5.54. The fourth-order valence-corrected chi connectivity index (χ4v) is 4.09. The first-order valence-electron chi connectivity index (χ1n) is 9.97. The lowest BCUT2D eigenvalue weighted by Gasteiger charge is -2.31. The van der Waals surface area contributed by atoms with Crippen molar-refractivity contribution in [1.82, 2.24) is 9.78 Å². The molecule has 5 rings (SSSR count). The van der Waals surface area contributed by atoms with E-state index in [0.29, 0.717) is 17.9 Å². The van der Waals surface area contributed by atoms with Gasteiger partial charge in [0.05, 0.1) is 11.4 Å². The number of hydrogen-bond acceptors (Lipinski definition) is 5. The van der Waals surface area contributed by atoms with Gasteiger partial charge in [0.25, 0.3) is 12.4 Å². The summed E-state index contributed by atoms with van der Waals surface area (Å²) >= 11 is 0. The molecular formula is C23H22N4O5. The van der Waals surface area contributed by atoms with E-state index >= 15 is 0 Å². The fourth-order valence-electron chi connectivity index (χ4n) is 4.09. The number of carbonyl (C=O) groups excluding carboxylic acids is 2. The molecular weight excluding hydrogens is 412 g/mol. The predicted molar refractivity (Wildman–Crippen MR) is 118 cm³/mol. The van der Waals surface area contributed by atoms with E-state index in [4.69, 9.17) is 14.6 Å². The lowest BCUT2D eigenvalue weighted by atomic mass is 9.83. The number of fused-ring (bicyclic) bond motifs is 2. The minimum Gasteiger partial charge on any atom is -0.483 e. The van der Waals surface area contributed by atoms with Crippen LogP contribution in [0.4, 0.5) is 11.4 Å². The highest BCUT2D eigenvalue weighted by molar-refractivity contribution is 6.01. The monoisotopic (exact) mass is 434 g/mol. The maximum Gasteiger partial charge on any atom is 0.290 e. The van der Waals surface area contributed by atoms with Crippen molar-refractivity contribution in [2.24, 2.45) is 7.05 Å². The molecule has 0 saturated carbocycles. The van der Waals surface area contributed by atoms with Crippen LogP contribution in [0, 0.1) is 0 Å². The van der Waals surface area contributed by atoms with Gasteiger partial charge in [0, 0.05) is 55.5 Å². The summed E-state index contributed by atoms with van der Waals surface area (Å²) in [6.07, 6.45) is 2.29. The summed E-state index contributed by atoms with van der Waals surface area (Å²) in [4.78, 5) is 34.6. The maximum atomic E-state index is 12.5. The summed E-state index contributed by atoms with van der Waals surface area (Å²) < 4.78 is 7.37. The molecule has 0 bridgehead atoms. The Hall–Kier alpha value is -4.14. The SMILES string of the molecule is CN1C(=O)COc2cc3c(cc21)C(c1cn(C)nc1-c1ccccc1)CC(=O)N3.O=CO. The molecule has 32 heavy (non-hydrogen) atoms. The van der Waals surface area contributed by atoms with Crippen molar-refractivity contribution in [1.29, 1.82) is 0 Å². The normalized spacial score (nSPS) is 16.7. The van der Waals surface area contributed by atoms with Gasteiger partial charge in [0.15, 0.2) is 6.61 Å². The Morgan fingerprint density at radius 2 is 1.88 bits per heavy atom. The Labute approximate surface area is 184 Å². The Balaban J connectivity index is 0.000000775. The van der Waals surface area contributed by atoms with Crippen molar-refractivity contribution in [2.75, 3.05) is 23.9 Å². The second-order valence-corrected chi connectivity index (χ2v) is 7.53. The van der Waals surface area contributed by atoms with Crippen molar-refractivity contribution >= 4 is 29.7 Å². The molecule has 1 unspecified atom stereocenters. The molecule has 9 heteroatoms. The quantitative estimate of drug-likeness (QED) is 0.600. The van der Waals surface area contributed by atoms with Crippen molar-refractivity contribution in [3.05, 3.63) is 59.8 Å². The molecule has 0 saturated heterocycles. The van der Waals surface area contributed by atoms with Crippen LogP contribution >= 0.6 is 0 Å². The van der Waals surface area contributed by atoms with E-state index in [9.17, 15) is 9.59 Å². The van der Waals surface area contributed by atoms with Gasteiger partial charge in [-0.05, 0) is 11.6 Å². The van der Waals surface area contributed by atoms with E-state index in [0.717, 1.165) is 28.1 Å². The maximum absolute atomic E-state index is 12.5. The Morgan fingerprint density at radius 1 is 1.16 bits per heavy atom. The second kappa shape index (κ2) is 8.54. The molecule has 9 nitrogen and oxygen atoms in total. The summed E-state index contributed by atoms with van der Waals surface area (Å²) in [5, 5.41) is 14.5. The van der Waals surface area contributed by atoms with Gasteiger partial charge in [0.2, 0.25) is 5.91 Å². The van der Waals surface area contributed by atoms with Crippen LogP contribution in [0.2, 0.25) is 0 Å². The Kier molecular flexibility index (Phi) is 5.63. The van der Waals surface area contributed by atoms with Crippen LogP contribution in [-0.4, -0.2) is 46.8 Å². The number of carbonyl (C=O) groups is 3. The number of aryl methyl sites for hydroxylation is 1. The molecule has 0 fully saturated rings. The fraction of sp³-hybridized carbons (Fsp3) is 0.217. The van der Waals surface area contributed by atoms with E-state index < -0.39 is 0 Å². The van der Waals surface area contributed by atoms with Gasteiger partial charge in [-0.15, -0.1) is 0 Å². The summed E-state index contributed by atoms with van der Waals surface area (Å²) in [6.45, 7) is -0.250. The standard InChI is InChI=1S/C22H20N4O3.CH2O2/c1-25-11-16(22(24-25)13-6-4-3-5-7-13)14-9-20(27)23-17-10-19-18(8-15(14)17)26(2)21(28)12-29-19;2-1-3/h3-8,10-11,14H,9,12H2,1-2H3,(H,23,27);1H,(H,2,3). The van der Waals surface area contributed by atoms with E-state index in [1.807, 2.05) is 55.7 Å². The number of ether oxygens (including phenoxy) is 1. The zero-order valence-corrected chi connectivity index (χ0v) is 17.6. The highest BCUT2D eigenvalue weighted by Gasteiger charge is 2.33. The third kappa shape index (κ3) is 3.80. The van der Waals surface area contributed by atoms with Gasteiger partial charge in [-0.3, -0.25) is 19.1 Å². The first-order chi connectivity index (χ1) is 15.4. The van der Waals surface area contributed by atoms with Crippen molar-refractivity contribution < 1.29 is 24.2 Å². The first kappa shape index (κ1) is 21.1. The van der Waals surface area contributed by atoms with Gasteiger partial charge in [-0.1, -0.05) is 30.3 Å².